The molecule has 8 N–H and O–H groups in total. The number of aromatic nitrogens is 4. The van der Waals surface area contributed by atoms with Crippen molar-refractivity contribution in [3.05, 3.63) is 54.1 Å². The number of ether oxygens (including phenoxy) is 4. The SMILES string of the molecule is [B][P@@](=O)(OC[C@H]1O[C@@H](n2cc(OC)c(=O)[nH]c2=O)[C@H](O)[C@@H]1O)OP(=O)(O)OP(=O)(O)OC[C@H]1O[C@@H](n2cc(OC)c(=O)[nH]c2=O)[C@H](O)[C@@H]1O. The number of hydrogen-bond donors (Lipinski definition) is 8. The van der Waals surface area contributed by atoms with Crippen LogP contribution in [0.2, 0.25) is 0 Å². The van der Waals surface area contributed by atoms with Gasteiger partial charge in [-0.2, -0.15) is 4.31 Å². The summed E-state index contributed by atoms with van der Waals surface area (Å²) in [6, 6.07) is 0. The zero-order chi connectivity index (χ0) is 36.6. The second-order valence-electron chi connectivity index (χ2n) is 10.1. The van der Waals surface area contributed by atoms with Crippen molar-refractivity contribution in [2.75, 3.05) is 27.4 Å². The smallest absolute Gasteiger partial charge is 0.487 e. The van der Waals surface area contributed by atoms with Gasteiger partial charge >= 0.3 is 27.0 Å². The van der Waals surface area contributed by atoms with Crippen molar-refractivity contribution in [1.29, 1.82) is 0 Å². The van der Waals surface area contributed by atoms with Crippen molar-refractivity contribution in [2.45, 2.75) is 49.1 Å². The summed E-state index contributed by atoms with van der Waals surface area (Å²) in [5.41, 5.74) is -4.01. The van der Waals surface area contributed by atoms with Gasteiger partial charge in [0.2, 0.25) is 19.1 Å². The summed E-state index contributed by atoms with van der Waals surface area (Å²) in [6.07, 6.45) is -12.5. The summed E-state index contributed by atoms with van der Waals surface area (Å²) >= 11 is 0. The van der Waals surface area contributed by atoms with E-state index in [2.05, 4.69) is 13.1 Å². The van der Waals surface area contributed by atoms with Gasteiger partial charge in [-0.1, -0.05) is 0 Å². The van der Waals surface area contributed by atoms with Gasteiger partial charge in [0, 0.05) is 0 Å². The van der Waals surface area contributed by atoms with Crippen molar-refractivity contribution >= 4 is 30.7 Å². The van der Waals surface area contributed by atoms with E-state index in [1.807, 2.05) is 9.97 Å². The molecule has 0 spiro atoms. The molecule has 0 aromatic carbocycles. The standard InChI is InChI=1S/C20H28BN4O21P3/c1-39-7-3-24(19(32)22-15(7)30)17-13(28)11(26)9(43-17)5-41-47(21,34)45-49(37,38)46-48(35,36)42-6-10-12(27)14(29)18(44-10)25-4-8(40-2)16(31)23-20(25)33/h3-4,9-14,17-18,26-29H,5-6H2,1-2H3,(H,35,36)(H,37,38)(H,22,30,32)(H,23,31,33)/t9-,10-,11-,12-,13-,14-,17-,18-,47-/m1/s1. The molecular formula is C20H28BN4O21P3. The Bertz CT molecular complexity index is 1780. The van der Waals surface area contributed by atoms with Gasteiger partial charge in [-0.05, 0) is 0 Å². The fraction of sp³-hybridized carbons (Fsp3) is 0.600. The number of rotatable bonds is 14. The highest BCUT2D eigenvalue weighted by molar-refractivity contribution is 7.84. The largest absolute Gasteiger partial charge is 0.490 e. The van der Waals surface area contributed by atoms with Crippen molar-refractivity contribution in [3.63, 3.8) is 0 Å². The molecule has 25 nitrogen and oxygen atoms in total. The molecule has 2 fully saturated rings. The van der Waals surface area contributed by atoms with Crippen LogP contribution in [0.1, 0.15) is 12.5 Å². The van der Waals surface area contributed by atoms with Gasteiger partial charge in [0.25, 0.3) is 18.6 Å². The van der Waals surface area contributed by atoms with E-state index in [1.54, 1.807) is 0 Å². The first-order valence-corrected chi connectivity index (χ1v) is 17.9. The van der Waals surface area contributed by atoms with Gasteiger partial charge in [0.15, 0.2) is 12.5 Å². The highest BCUT2D eigenvalue weighted by Gasteiger charge is 2.48. The van der Waals surface area contributed by atoms with Gasteiger partial charge in [-0.25, -0.2) is 23.0 Å². The lowest BCUT2D eigenvalue weighted by Gasteiger charge is -2.22. The third kappa shape index (κ3) is 8.94. The number of phosphoric ester groups is 1. The highest BCUT2D eigenvalue weighted by atomic mass is 31.3. The monoisotopic (exact) mass is 764 g/mol. The Morgan fingerprint density at radius 2 is 1.12 bits per heavy atom. The van der Waals surface area contributed by atoms with Crippen LogP contribution in [0.15, 0.2) is 31.6 Å². The minimum absolute atomic E-state index is 0.370. The van der Waals surface area contributed by atoms with Crippen molar-refractivity contribution in [3.8, 4) is 11.5 Å². The molecule has 0 aliphatic carbocycles. The van der Waals surface area contributed by atoms with E-state index in [0.717, 1.165) is 26.6 Å². The number of H-pyrrole nitrogens is 2. The molecule has 29 heteroatoms. The topological polar surface area (TPSA) is 356 Å². The van der Waals surface area contributed by atoms with Crippen molar-refractivity contribution in [2.24, 2.45) is 0 Å². The van der Waals surface area contributed by atoms with Crippen LogP contribution in [0.3, 0.4) is 0 Å². The lowest BCUT2D eigenvalue weighted by molar-refractivity contribution is -0.0545. The van der Waals surface area contributed by atoms with E-state index in [-0.39, 0.29) is 11.5 Å². The molecule has 0 bridgehead atoms. The summed E-state index contributed by atoms with van der Waals surface area (Å²) < 4.78 is 76.2. The normalized spacial score (nSPS) is 30.7. The molecule has 2 radical (unpaired) electrons. The summed E-state index contributed by atoms with van der Waals surface area (Å²) in [6.45, 7) is -2.19. The second kappa shape index (κ2) is 14.8. The number of nitrogens with zero attached hydrogens (tertiary/aromatic N) is 2. The molecule has 4 heterocycles. The van der Waals surface area contributed by atoms with Crippen molar-refractivity contribution < 1.29 is 80.5 Å². The summed E-state index contributed by atoms with van der Waals surface area (Å²) in [4.78, 5) is 71.4. The van der Waals surface area contributed by atoms with Crippen LogP contribution in [0.4, 0.5) is 0 Å². The second-order valence-corrected chi connectivity index (χ2v) is 14.8. The molecule has 49 heavy (non-hydrogen) atoms. The van der Waals surface area contributed by atoms with Crippen molar-refractivity contribution in [1.82, 2.24) is 19.1 Å². The lowest BCUT2D eigenvalue weighted by Crippen LogP contribution is -2.38. The maximum absolute atomic E-state index is 12.6. The first kappa shape index (κ1) is 39.0. The zero-order valence-electron chi connectivity index (χ0n) is 24.8. The van der Waals surface area contributed by atoms with Crippen LogP contribution >= 0.6 is 23.1 Å². The summed E-state index contributed by atoms with van der Waals surface area (Å²) in [7, 11) is -9.36. The molecule has 11 atom stereocenters. The van der Waals surface area contributed by atoms with E-state index >= 15 is 0 Å². The number of aliphatic hydroxyl groups is 4. The molecule has 2 aliphatic heterocycles. The van der Waals surface area contributed by atoms with Gasteiger partial charge in [-0.3, -0.25) is 37.8 Å². The Morgan fingerprint density at radius 3 is 1.53 bits per heavy atom. The average Bonchev–Trinajstić information content (AvgIpc) is 3.43. The van der Waals surface area contributed by atoms with Crippen LogP contribution in [-0.2, 0) is 40.8 Å². The van der Waals surface area contributed by atoms with Crippen LogP contribution in [0, 0.1) is 0 Å². The summed E-state index contributed by atoms with van der Waals surface area (Å²) in [5, 5.41) is 41.3. The predicted molar refractivity (Wildman–Crippen MR) is 155 cm³/mol. The number of phosphoric acid groups is 2. The number of aliphatic hydroxyl groups excluding tert-OH is 4. The number of hydrogen-bond acceptors (Lipinski definition) is 19. The molecule has 2 aliphatic rings. The fourth-order valence-electron chi connectivity index (χ4n) is 4.48. The zero-order valence-corrected chi connectivity index (χ0v) is 27.5. The van der Waals surface area contributed by atoms with Gasteiger partial charge in [0.05, 0.1) is 39.8 Å². The van der Waals surface area contributed by atoms with E-state index < -0.39 is 108 Å². The molecule has 4 rings (SSSR count). The molecule has 2 unspecified atom stereocenters. The number of nitrogens with one attached hydrogen (secondary N) is 2. The Kier molecular flexibility index (Phi) is 11.8. The van der Waals surface area contributed by atoms with Gasteiger partial charge in [0.1, 0.15) is 36.6 Å². The molecular weight excluding hydrogens is 736 g/mol. The quantitative estimate of drug-likeness (QED) is 0.0669. The first-order valence-electron chi connectivity index (χ1n) is 13.3. The fourth-order valence-corrected chi connectivity index (χ4v) is 8.13. The molecule has 2 aromatic rings. The third-order valence-electron chi connectivity index (χ3n) is 6.78. The van der Waals surface area contributed by atoms with E-state index in [1.165, 1.54) is 0 Å². The molecule has 2 aromatic heterocycles. The minimum atomic E-state index is -5.92. The average molecular weight is 764 g/mol. The Balaban J connectivity index is 1.34. The van der Waals surface area contributed by atoms with E-state index in [9.17, 15) is 63.1 Å². The van der Waals surface area contributed by atoms with E-state index in [0.29, 0.717) is 9.13 Å². The van der Waals surface area contributed by atoms with E-state index in [4.69, 9.17) is 31.0 Å². The molecule has 0 amide bonds. The molecule has 272 valence electrons. The lowest BCUT2D eigenvalue weighted by atomic mass is 10.1. The van der Waals surface area contributed by atoms with Gasteiger partial charge in [-0.15, -0.1) is 0 Å². The Hall–Kier alpha value is -2.77. The molecule has 2 saturated heterocycles. The van der Waals surface area contributed by atoms with Crippen LogP contribution in [0.25, 0.3) is 0 Å². The van der Waals surface area contributed by atoms with Crippen LogP contribution < -0.4 is 32.0 Å². The third-order valence-corrected chi connectivity index (χ3v) is 11.1. The maximum Gasteiger partial charge on any atom is 0.487 e. The van der Waals surface area contributed by atoms with Gasteiger partial charge < -0.3 is 53.7 Å². The molecule has 0 saturated carbocycles. The number of aromatic amines is 2. The Morgan fingerprint density at radius 1 is 0.714 bits per heavy atom. The number of methoxy groups -OCH3 is 2. The summed E-state index contributed by atoms with van der Waals surface area (Å²) in [5.74, 6) is -0.749. The first-order chi connectivity index (χ1) is 22.7. The minimum Gasteiger partial charge on any atom is -0.490 e. The van der Waals surface area contributed by atoms with Crippen LogP contribution in [0.5, 0.6) is 11.5 Å². The Labute approximate surface area is 272 Å². The predicted octanol–water partition coefficient (Wildman–Crippen LogP) is -4.11. The highest BCUT2D eigenvalue weighted by Crippen LogP contribution is 2.67. The maximum atomic E-state index is 12.6. The van der Waals surface area contributed by atoms with Crippen LogP contribution in [-0.4, -0.2) is 121 Å².